The monoisotopic (exact) mass is 325 g/mol. The molecule has 0 saturated carbocycles. The smallest absolute Gasteiger partial charge is 0.211 e. The summed E-state index contributed by atoms with van der Waals surface area (Å²) in [5, 5.41) is 7.56. The number of carbonyl (C=O) groups excluding carboxylic acids is 1. The fourth-order valence-electron chi connectivity index (χ4n) is 3.49. The van der Waals surface area contributed by atoms with Crippen LogP contribution in [0.1, 0.15) is 24.3 Å². The van der Waals surface area contributed by atoms with Gasteiger partial charge in [-0.3, -0.25) is 4.79 Å². The summed E-state index contributed by atoms with van der Waals surface area (Å²) in [4.78, 5) is 13.1. The third-order valence-corrected chi connectivity index (χ3v) is 4.74. The molecule has 4 rings (SSSR count). The van der Waals surface area contributed by atoms with E-state index in [1.54, 1.807) is 6.20 Å². The minimum Gasteiger partial charge on any atom is -0.452 e. The lowest BCUT2D eigenvalue weighted by molar-refractivity contribution is -0.105. The standard InChI is InChI=1S/C18H19N3O3/c1-21-8-5-12(6-9-21)17-14-10-13(19-11-22)2-3-15(14)23-18(17)16-4-7-20-24-16/h2-4,7,10-12H,5-6,8-9H2,1H3,(H,19,22). The van der Waals surface area contributed by atoms with E-state index in [-0.39, 0.29) is 0 Å². The Labute approximate surface area is 139 Å². The highest BCUT2D eigenvalue weighted by atomic mass is 16.5. The molecule has 0 atom stereocenters. The first-order chi connectivity index (χ1) is 11.8. The Kier molecular flexibility index (Phi) is 3.82. The summed E-state index contributed by atoms with van der Waals surface area (Å²) in [5.74, 6) is 1.79. The van der Waals surface area contributed by atoms with Crippen molar-refractivity contribution < 1.29 is 13.7 Å². The van der Waals surface area contributed by atoms with E-state index in [9.17, 15) is 4.79 Å². The molecule has 6 nitrogen and oxygen atoms in total. The summed E-state index contributed by atoms with van der Waals surface area (Å²) >= 11 is 0. The van der Waals surface area contributed by atoms with Crippen LogP contribution >= 0.6 is 0 Å². The van der Waals surface area contributed by atoms with Gasteiger partial charge in [-0.1, -0.05) is 5.16 Å². The van der Waals surface area contributed by atoms with Crippen molar-refractivity contribution in [2.75, 3.05) is 25.5 Å². The van der Waals surface area contributed by atoms with Crippen LogP contribution in [0.25, 0.3) is 22.5 Å². The maximum Gasteiger partial charge on any atom is 0.211 e. The van der Waals surface area contributed by atoms with Gasteiger partial charge in [0.2, 0.25) is 12.2 Å². The molecule has 0 aliphatic carbocycles. The Morgan fingerprint density at radius 1 is 1.29 bits per heavy atom. The van der Waals surface area contributed by atoms with Crippen LogP contribution in [-0.2, 0) is 4.79 Å². The Morgan fingerprint density at radius 3 is 2.83 bits per heavy atom. The molecule has 1 aliphatic heterocycles. The number of furan rings is 1. The summed E-state index contributed by atoms with van der Waals surface area (Å²) in [7, 11) is 2.15. The zero-order valence-corrected chi connectivity index (χ0v) is 13.5. The van der Waals surface area contributed by atoms with Crippen LogP contribution in [0.3, 0.4) is 0 Å². The first-order valence-electron chi connectivity index (χ1n) is 8.12. The number of nitrogens with one attached hydrogen (secondary N) is 1. The van der Waals surface area contributed by atoms with Gasteiger partial charge in [0.05, 0.1) is 6.20 Å². The van der Waals surface area contributed by atoms with Gasteiger partial charge in [-0.2, -0.15) is 0 Å². The second-order valence-electron chi connectivity index (χ2n) is 6.27. The molecule has 3 aromatic rings. The molecule has 1 aromatic carbocycles. The van der Waals surface area contributed by atoms with Crippen LogP contribution in [0, 0.1) is 0 Å². The molecule has 1 aliphatic rings. The predicted molar refractivity (Wildman–Crippen MR) is 90.9 cm³/mol. The topological polar surface area (TPSA) is 71.5 Å². The van der Waals surface area contributed by atoms with Gasteiger partial charge in [-0.25, -0.2) is 0 Å². The summed E-state index contributed by atoms with van der Waals surface area (Å²) < 4.78 is 11.4. The highest BCUT2D eigenvalue weighted by Gasteiger charge is 2.28. The molecular formula is C18H19N3O3. The molecule has 6 heteroatoms. The van der Waals surface area contributed by atoms with Crippen molar-refractivity contribution in [2.45, 2.75) is 18.8 Å². The van der Waals surface area contributed by atoms with Crippen LogP contribution in [0.5, 0.6) is 0 Å². The minimum absolute atomic E-state index is 0.397. The van der Waals surface area contributed by atoms with Crippen LogP contribution in [-0.4, -0.2) is 36.6 Å². The number of fused-ring (bicyclic) bond motifs is 1. The summed E-state index contributed by atoms with van der Waals surface area (Å²) in [5.41, 5.74) is 2.72. The molecular weight excluding hydrogens is 306 g/mol. The van der Waals surface area contributed by atoms with Gasteiger partial charge >= 0.3 is 0 Å². The lowest BCUT2D eigenvalue weighted by Gasteiger charge is -2.29. The van der Waals surface area contributed by atoms with E-state index in [4.69, 9.17) is 8.94 Å². The SMILES string of the molecule is CN1CCC(c2c(-c3ccno3)oc3ccc(NC=O)cc23)CC1. The third-order valence-electron chi connectivity index (χ3n) is 4.74. The quantitative estimate of drug-likeness (QED) is 0.744. The number of rotatable bonds is 4. The molecule has 0 spiro atoms. The molecule has 1 amide bonds. The first kappa shape index (κ1) is 15.0. The Balaban J connectivity index is 1.87. The van der Waals surface area contributed by atoms with Crippen LogP contribution in [0.15, 0.2) is 39.4 Å². The van der Waals surface area contributed by atoms with Crippen molar-refractivity contribution in [3.05, 3.63) is 36.0 Å². The number of piperidine rings is 1. The maximum absolute atomic E-state index is 10.8. The lowest BCUT2D eigenvalue weighted by Crippen LogP contribution is -2.29. The molecule has 24 heavy (non-hydrogen) atoms. The van der Waals surface area contributed by atoms with Gasteiger partial charge in [-0.05, 0) is 57.1 Å². The van der Waals surface area contributed by atoms with E-state index in [1.807, 2.05) is 24.3 Å². The van der Waals surface area contributed by atoms with Gasteiger partial charge in [0.1, 0.15) is 5.58 Å². The van der Waals surface area contributed by atoms with E-state index < -0.39 is 0 Å². The van der Waals surface area contributed by atoms with Crippen molar-refractivity contribution in [3.63, 3.8) is 0 Å². The second-order valence-corrected chi connectivity index (χ2v) is 6.27. The fraction of sp³-hybridized carbons (Fsp3) is 0.333. The molecule has 0 unspecified atom stereocenters. The van der Waals surface area contributed by atoms with E-state index in [0.29, 0.717) is 18.1 Å². The number of amides is 1. The Bertz CT molecular complexity index is 846. The average Bonchev–Trinajstić information content (AvgIpc) is 3.23. The highest BCUT2D eigenvalue weighted by Crippen LogP contribution is 2.42. The fourth-order valence-corrected chi connectivity index (χ4v) is 3.49. The third kappa shape index (κ3) is 2.59. The average molecular weight is 325 g/mol. The van der Waals surface area contributed by atoms with Gasteiger partial charge < -0.3 is 19.2 Å². The summed E-state index contributed by atoms with van der Waals surface area (Å²) in [6.45, 7) is 2.11. The van der Waals surface area contributed by atoms with E-state index in [1.165, 1.54) is 0 Å². The largest absolute Gasteiger partial charge is 0.452 e. The molecule has 0 radical (unpaired) electrons. The van der Waals surface area contributed by atoms with E-state index in [0.717, 1.165) is 53.9 Å². The number of nitrogens with zero attached hydrogens (tertiary/aromatic N) is 2. The molecule has 0 bridgehead atoms. The second kappa shape index (κ2) is 6.13. The van der Waals surface area contributed by atoms with E-state index >= 15 is 0 Å². The van der Waals surface area contributed by atoms with E-state index in [2.05, 4.69) is 22.4 Å². The van der Waals surface area contributed by atoms with Crippen molar-refractivity contribution >= 4 is 23.1 Å². The molecule has 1 saturated heterocycles. The zero-order valence-electron chi connectivity index (χ0n) is 13.5. The Morgan fingerprint density at radius 2 is 2.12 bits per heavy atom. The highest BCUT2D eigenvalue weighted by molar-refractivity contribution is 5.91. The summed E-state index contributed by atoms with van der Waals surface area (Å²) in [6, 6.07) is 7.52. The lowest BCUT2D eigenvalue weighted by atomic mass is 9.87. The zero-order chi connectivity index (χ0) is 16.5. The molecule has 3 heterocycles. The molecule has 124 valence electrons. The van der Waals surface area contributed by atoms with Gasteiger partial charge in [0.15, 0.2) is 5.76 Å². The van der Waals surface area contributed by atoms with Crippen LogP contribution in [0.2, 0.25) is 0 Å². The number of carbonyl (C=O) groups is 1. The van der Waals surface area contributed by atoms with Crippen molar-refractivity contribution in [1.82, 2.24) is 10.1 Å². The number of hydrogen-bond acceptors (Lipinski definition) is 5. The predicted octanol–water partition coefficient (Wildman–Crippen LogP) is 3.47. The molecule has 1 N–H and O–H groups in total. The van der Waals surface area contributed by atoms with Crippen LogP contribution < -0.4 is 5.32 Å². The number of likely N-dealkylation sites (tertiary alicyclic amines) is 1. The van der Waals surface area contributed by atoms with Crippen molar-refractivity contribution in [3.8, 4) is 11.5 Å². The number of aromatic nitrogens is 1. The first-order valence-corrected chi connectivity index (χ1v) is 8.12. The van der Waals surface area contributed by atoms with Crippen molar-refractivity contribution in [1.29, 1.82) is 0 Å². The number of hydrogen-bond donors (Lipinski definition) is 1. The Hall–Kier alpha value is -2.60. The van der Waals surface area contributed by atoms with Gasteiger partial charge in [-0.15, -0.1) is 0 Å². The van der Waals surface area contributed by atoms with Gasteiger partial charge in [0.25, 0.3) is 0 Å². The molecule has 1 fully saturated rings. The summed E-state index contributed by atoms with van der Waals surface area (Å²) in [6.07, 6.45) is 4.45. The normalized spacial score (nSPS) is 16.5. The number of anilines is 1. The molecule has 2 aromatic heterocycles. The van der Waals surface area contributed by atoms with Crippen LogP contribution in [0.4, 0.5) is 5.69 Å². The maximum atomic E-state index is 10.8. The van der Waals surface area contributed by atoms with Crippen molar-refractivity contribution in [2.24, 2.45) is 0 Å². The number of benzene rings is 1. The minimum atomic E-state index is 0.397. The van der Waals surface area contributed by atoms with Gasteiger partial charge in [0, 0.05) is 22.7 Å².